The van der Waals surface area contributed by atoms with Crippen molar-refractivity contribution >= 4 is 11.6 Å². The Hall–Kier alpha value is -1.45. The van der Waals surface area contributed by atoms with Gasteiger partial charge in [-0.3, -0.25) is 4.98 Å². The zero-order valence-corrected chi connectivity index (χ0v) is 10.1. The van der Waals surface area contributed by atoms with Crippen molar-refractivity contribution in [3.05, 3.63) is 64.7 Å². The molecule has 1 unspecified atom stereocenters. The second-order valence-corrected chi connectivity index (χ2v) is 4.05. The van der Waals surface area contributed by atoms with Crippen LogP contribution in [0.4, 0.5) is 4.39 Å². The lowest BCUT2D eigenvalue weighted by Gasteiger charge is -2.17. The summed E-state index contributed by atoms with van der Waals surface area (Å²) in [7, 11) is 1.79. The van der Waals surface area contributed by atoms with Crippen LogP contribution in [0.2, 0.25) is 5.02 Å². The van der Waals surface area contributed by atoms with Gasteiger partial charge in [0.05, 0.1) is 11.7 Å². The fourth-order valence-corrected chi connectivity index (χ4v) is 1.97. The van der Waals surface area contributed by atoms with Gasteiger partial charge >= 0.3 is 0 Å². The lowest BCUT2D eigenvalue weighted by atomic mass is 10.0. The van der Waals surface area contributed by atoms with E-state index in [1.165, 1.54) is 12.1 Å². The van der Waals surface area contributed by atoms with Gasteiger partial charge in [-0.1, -0.05) is 17.7 Å². The van der Waals surface area contributed by atoms with Crippen LogP contribution in [0.3, 0.4) is 0 Å². The predicted molar refractivity (Wildman–Crippen MR) is 66.5 cm³/mol. The van der Waals surface area contributed by atoms with Crippen LogP contribution in [-0.4, -0.2) is 12.0 Å². The number of nitrogens with zero attached hydrogens (tertiary/aromatic N) is 1. The molecule has 2 rings (SSSR count). The van der Waals surface area contributed by atoms with Crippen LogP contribution in [-0.2, 0) is 0 Å². The fraction of sp³-hybridized carbons (Fsp3) is 0.154. The van der Waals surface area contributed by atoms with Gasteiger partial charge in [-0.05, 0) is 42.9 Å². The summed E-state index contributed by atoms with van der Waals surface area (Å²) in [4.78, 5) is 4.25. The molecule has 1 aromatic heterocycles. The Balaban J connectivity index is 2.46. The lowest BCUT2D eigenvalue weighted by Crippen LogP contribution is -2.19. The number of halogens is 2. The van der Waals surface area contributed by atoms with Gasteiger partial charge in [-0.2, -0.15) is 0 Å². The number of nitrogens with one attached hydrogen (secondary N) is 1. The topological polar surface area (TPSA) is 24.9 Å². The fourth-order valence-electron chi connectivity index (χ4n) is 1.75. The standard InChI is InChI=1S/C13H12ClFN2/c1-16-13(12-4-2-3-7-17-12)10-8-9(15)5-6-11(10)14/h2-8,13,16H,1H3. The van der Waals surface area contributed by atoms with Crippen molar-refractivity contribution in [1.29, 1.82) is 0 Å². The molecule has 0 bridgehead atoms. The molecule has 1 atom stereocenters. The van der Waals surface area contributed by atoms with Crippen molar-refractivity contribution in [2.24, 2.45) is 0 Å². The highest BCUT2D eigenvalue weighted by Gasteiger charge is 2.16. The molecule has 1 heterocycles. The number of rotatable bonds is 3. The van der Waals surface area contributed by atoms with Gasteiger partial charge in [0.25, 0.3) is 0 Å². The van der Waals surface area contributed by atoms with Crippen LogP contribution in [0.15, 0.2) is 42.6 Å². The third kappa shape index (κ3) is 2.62. The van der Waals surface area contributed by atoms with Gasteiger partial charge in [0.2, 0.25) is 0 Å². The molecule has 0 aliphatic rings. The van der Waals surface area contributed by atoms with Crippen LogP contribution in [0.1, 0.15) is 17.3 Å². The van der Waals surface area contributed by atoms with E-state index >= 15 is 0 Å². The van der Waals surface area contributed by atoms with E-state index < -0.39 is 0 Å². The number of benzene rings is 1. The number of aromatic nitrogens is 1. The minimum absolute atomic E-state index is 0.209. The Morgan fingerprint density at radius 3 is 2.76 bits per heavy atom. The first-order valence-corrected chi connectivity index (χ1v) is 5.63. The molecule has 88 valence electrons. The minimum Gasteiger partial charge on any atom is -0.308 e. The van der Waals surface area contributed by atoms with Crippen LogP contribution >= 0.6 is 11.6 Å². The molecule has 0 amide bonds. The molecule has 0 radical (unpaired) electrons. The quantitative estimate of drug-likeness (QED) is 0.905. The Morgan fingerprint density at radius 1 is 1.29 bits per heavy atom. The molecular formula is C13H12ClFN2. The molecule has 0 aliphatic carbocycles. The third-order valence-corrected chi connectivity index (χ3v) is 2.89. The summed E-state index contributed by atoms with van der Waals surface area (Å²) in [5.41, 5.74) is 1.50. The number of pyridine rings is 1. The van der Waals surface area contributed by atoms with Gasteiger partial charge < -0.3 is 5.32 Å². The van der Waals surface area contributed by atoms with Crippen molar-refractivity contribution in [3.8, 4) is 0 Å². The molecule has 2 aromatic rings. The lowest BCUT2D eigenvalue weighted by molar-refractivity contribution is 0.614. The number of hydrogen-bond donors (Lipinski definition) is 1. The molecular weight excluding hydrogens is 239 g/mol. The summed E-state index contributed by atoms with van der Waals surface area (Å²) >= 11 is 6.09. The van der Waals surface area contributed by atoms with Crippen LogP contribution in [0, 0.1) is 5.82 Å². The van der Waals surface area contributed by atoms with E-state index in [2.05, 4.69) is 10.3 Å². The first-order chi connectivity index (χ1) is 8.22. The van der Waals surface area contributed by atoms with E-state index in [1.807, 2.05) is 18.2 Å². The van der Waals surface area contributed by atoms with Crippen molar-refractivity contribution < 1.29 is 4.39 Å². The second-order valence-electron chi connectivity index (χ2n) is 3.64. The first kappa shape index (κ1) is 12.0. The highest BCUT2D eigenvalue weighted by molar-refractivity contribution is 6.31. The Kier molecular flexibility index (Phi) is 3.71. The zero-order chi connectivity index (χ0) is 12.3. The van der Waals surface area contributed by atoms with Crippen molar-refractivity contribution in [2.45, 2.75) is 6.04 Å². The largest absolute Gasteiger partial charge is 0.308 e. The highest BCUT2D eigenvalue weighted by Crippen LogP contribution is 2.27. The van der Waals surface area contributed by atoms with E-state index in [4.69, 9.17) is 11.6 Å². The van der Waals surface area contributed by atoms with Crippen LogP contribution in [0.25, 0.3) is 0 Å². The Bertz CT molecular complexity index is 502. The molecule has 17 heavy (non-hydrogen) atoms. The predicted octanol–water partition coefficient (Wildman–Crippen LogP) is 3.18. The Morgan fingerprint density at radius 2 is 2.12 bits per heavy atom. The summed E-state index contributed by atoms with van der Waals surface area (Å²) in [6.45, 7) is 0. The monoisotopic (exact) mass is 250 g/mol. The summed E-state index contributed by atoms with van der Waals surface area (Å²) < 4.78 is 13.3. The zero-order valence-electron chi connectivity index (χ0n) is 9.32. The normalized spacial score (nSPS) is 12.4. The maximum absolute atomic E-state index is 13.3. The molecule has 0 fully saturated rings. The molecule has 1 N–H and O–H groups in total. The molecule has 2 nitrogen and oxygen atoms in total. The average Bonchev–Trinajstić information content (AvgIpc) is 2.36. The van der Waals surface area contributed by atoms with E-state index in [-0.39, 0.29) is 11.9 Å². The van der Waals surface area contributed by atoms with Gasteiger partial charge in [0, 0.05) is 11.2 Å². The molecule has 0 aliphatic heterocycles. The van der Waals surface area contributed by atoms with Gasteiger partial charge in [-0.25, -0.2) is 4.39 Å². The van der Waals surface area contributed by atoms with E-state index in [0.29, 0.717) is 10.6 Å². The molecule has 0 saturated carbocycles. The third-order valence-electron chi connectivity index (χ3n) is 2.54. The van der Waals surface area contributed by atoms with Gasteiger partial charge in [0.1, 0.15) is 5.82 Å². The van der Waals surface area contributed by atoms with E-state index in [0.717, 1.165) is 5.69 Å². The van der Waals surface area contributed by atoms with Crippen molar-refractivity contribution in [3.63, 3.8) is 0 Å². The van der Waals surface area contributed by atoms with E-state index in [1.54, 1.807) is 19.3 Å². The minimum atomic E-state index is -0.305. The van der Waals surface area contributed by atoms with E-state index in [9.17, 15) is 4.39 Å². The maximum Gasteiger partial charge on any atom is 0.123 e. The SMILES string of the molecule is CNC(c1ccccn1)c1cc(F)ccc1Cl. The van der Waals surface area contributed by atoms with Crippen molar-refractivity contribution in [2.75, 3.05) is 7.05 Å². The summed E-state index contributed by atoms with van der Waals surface area (Å²) in [5, 5.41) is 3.61. The highest BCUT2D eigenvalue weighted by atomic mass is 35.5. The smallest absolute Gasteiger partial charge is 0.123 e. The van der Waals surface area contributed by atoms with Crippen LogP contribution in [0.5, 0.6) is 0 Å². The molecule has 0 saturated heterocycles. The molecule has 0 spiro atoms. The second kappa shape index (κ2) is 5.25. The molecule has 1 aromatic carbocycles. The first-order valence-electron chi connectivity index (χ1n) is 5.25. The van der Waals surface area contributed by atoms with Crippen molar-refractivity contribution in [1.82, 2.24) is 10.3 Å². The maximum atomic E-state index is 13.3. The molecule has 4 heteroatoms. The summed E-state index contributed by atoms with van der Waals surface area (Å²) in [6.07, 6.45) is 1.70. The Labute approximate surface area is 104 Å². The van der Waals surface area contributed by atoms with Crippen LogP contribution < -0.4 is 5.32 Å². The summed E-state index contributed by atoms with van der Waals surface area (Å²) in [6, 6.07) is 9.72. The van der Waals surface area contributed by atoms with Gasteiger partial charge in [-0.15, -0.1) is 0 Å². The average molecular weight is 251 g/mol. The number of hydrogen-bond acceptors (Lipinski definition) is 2. The summed E-state index contributed by atoms with van der Waals surface area (Å²) in [5.74, 6) is -0.305. The van der Waals surface area contributed by atoms with Gasteiger partial charge in [0.15, 0.2) is 0 Å².